The van der Waals surface area contributed by atoms with Crippen molar-refractivity contribution in [3.05, 3.63) is 40.7 Å². The molecule has 8 heteroatoms. The molecule has 2 unspecified atom stereocenters. The minimum absolute atomic E-state index is 0.211. The second-order valence-electron chi connectivity index (χ2n) is 3.40. The third-order valence-electron chi connectivity index (χ3n) is 2.30. The third kappa shape index (κ3) is 2.18. The van der Waals surface area contributed by atoms with Crippen LogP contribution in [0.1, 0.15) is 11.8 Å². The Kier molecular flexibility index (Phi) is 3.20. The molecule has 2 atom stereocenters. The molecule has 0 radical (unpaired) electrons. The Bertz CT molecular complexity index is 561. The summed E-state index contributed by atoms with van der Waals surface area (Å²) < 4.78 is 1.42. The fourth-order valence-corrected chi connectivity index (χ4v) is 1.47. The van der Waals surface area contributed by atoms with Gasteiger partial charge in [0.1, 0.15) is 6.10 Å². The second-order valence-corrected chi connectivity index (χ2v) is 3.40. The van der Waals surface area contributed by atoms with Gasteiger partial charge in [0.2, 0.25) is 0 Å². The van der Waals surface area contributed by atoms with Gasteiger partial charge in [0.05, 0.1) is 24.5 Å². The van der Waals surface area contributed by atoms with Crippen LogP contribution in [0.5, 0.6) is 0 Å². The lowest BCUT2D eigenvalue weighted by Crippen LogP contribution is -2.22. The SMILES string of the molecule is [N-]=[N+]=NCC(O)C(O)c1cnc2cccnn12. The molecular formula is C9H10N6O2. The summed E-state index contributed by atoms with van der Waals surface area (Å²) in [4.78, 5) is 6.55. The third-order valence-corrected chi connectivity index (χ3v) is 2.30. The van der Waals surface area contributed by atoms with Crippen LogP contribution in [0.25, 0.3) is 16.1 Å². The molecule has 0 aliphatic carbocycles. The molecule has 2 rings (SSSR count). The Morgan fingerprint density at radius 2 is 2.35 bits per heavy atom. The van der Waals surface area contributed by atoms with Gasteiger partial charge in [0.25, 0.3) is 0 Å². The van der Waals surface area contributed by atoms with E-state index in [9.17, 15) is 10.2 Å². The van der Waals surface area contributed by atoms with E-state index in [1.54, 1.807) is 18.3 Å². The summed E-state index contributed by atoms with van der Waals surface area (Å²) in [5.74, 6) is 0. The first-order chi connectivity index (χ1) is 8.24. The second kappa shape index (κ2) is 4.79. The van der Waals surface area contributed by atoms with Gasteiger partial charge in [-0.25, -0.2) is 9.50 Å². The molecule has 0 spiro atoms. The number of aliphatic hydroxyl groups is 2. The molecule has 0 fully saturated rings. The van der Waals surface area contributed by atoms with Crippen molar-refractivity contribution in [3.63, 3.8) is 0 Å². The predicted octanol–water partition coefficient (Wildman–Crippen LogP) is 0.434. The zero-order chi connectivity index (χ0) is 12.3. The number of hydrogen-bond donors (Lipinski definition) is 2. The smallest absolute Gasteiger partial charge is 0.153 e. The fraction of sp³-hybridized carbons (Fsp3) is 0.333. The number of azide groups is 1. The highest BCUT2D eigenvalue weighted by atomic mass is 16.3. The van der Waals surface area contributed by atoms with Crippen LogP contribution in [0.2, 0.25) is 0 Å². The quantitative estimate of drug-likeness (QED) is 0.453. The molecular weight excluding hydrogens is 224 g/mol. The Balaban J connectivity index is 2.29. The maximum absolute atomic E-state index is 9.87. The molecule has 2 aromatic heterocycles. The van der Waals surface area contributed by atoms with Crippen LogP contribution >= 0.6 is 0 Å². The van der Waals surface area contributed by atoms with Crippen molar-refractivity contribution in [2.45, 2.75) is 12.2 Å². The Hall–Kier alpha value is -2.15. The summed E-state index contributed by atoms with van der Waals surface area (Å²) in [6.45, 7) is -0.211. The van der Waals surface area contributed by atoms with E-state index in [-0.39, 0.29) is 6.54 Å². The van der Waals surface area contributed by atoms with Gasteiger partial charge in [-0.05, 0) is 17.7 Å². The number of aliphatic hydroxyl groups excluding tert-OH is 2. The zero-order valence-corrected chi connectivity index (χ0v) is 8.75. The highest BCUT2D eigenvalue weighted by Crippen LogP contribution is 2.17. The molecule has 17 heavy (non-hydrogen) atoms. The predicted molar refractivity (Wildman–Crippen MR) is 58.0 cm³/mol. The number of aromatic nitrogens is 3. The van der Waals surface area contributed by atoms with Gasteiger partial charge in [-0.1, -0.05) is 5.11 Å². The maximum Gasteiger partial charge on any atom is 0.153 e. The molecule has 0 aromatic carbocycles. The molecule has 0 aliphatic heterocycles. The minimum atomic E-state index is -1.20. The molecule has 2 N–H and O–H groups in total. The van der Waals surface area contributed by atoms with Gasteiger partial charge in [0, 0.05) is 11.1 Å². The van der Waals surface area contributed by atoms with Crippen molar-refractivity contribution < 1.29 is 10.2 Å². The number of hydrogen-bond acceptors (Lipinski definition) is 5. The van der Waals surface area contributed by atoms with E-state index in [1.807, 2.05) is 0 Å². The Labute approximate surface area is 95.8 Å². The van der Waals surface area contributed by atoms with Crippen molar-refractivity contribution >= 4 is 5.65 Å². The van der Waals surface area contributed by atoms with E-state index in [0.29, 0.717) is 11.3 Å². The fourth-order valence-electron chi connectivity index (χ4n) is 1.47. The number of imidazole rings is 1. The van der Waals surface area contributed by atoms with Gasteiger partial charge in [-0.2, -0.15) is 5.10 Å². The Morgan fingerprint density at radius 1 is 1.53 bits per heavy atom. The molecule has 8 nitrogen and oxygen atoms in total. The van der Waals surface area contributed by atoms with Crippen LogP contribution in [0.3, 0.4) is 0 Å². The van der Waals surface area contributed by atoms with Crippen molar-refractivity contribution in [1.29, 1.82) is 0 Å². The average molecular weight is 234 g/mol. The van der Waals surface area contributed by atoms with E-state index < -0.39 is 12.2 Å². The molecule has 2 heterocycles. The number of fused-ring (bicyclic) bond motifs is 1. The topological polar surface area (TPSA) is 119 Å². The summed E-state index contributed by atoms with van der Waals surface area (Å²) in [5.41, 5.74) is 9.05. The van der Waals surface area contributed by atoms with Crippen LogP contribution in [0.15, 0.2) is 29.6 Å². The van der Waals surface area contributed by atoms with Crippen LogP contribution < -0.4 is 0 Å². The van der Waals surface area contributed by atoms with E-state index in [0.717, 1.165) is 0 Å². The first-order valence-corrected chi connectivity index (χ1v) is 4.89. The highest BCUT2D eigenvalue weighted by molar-refractivity contribution is 5.38. The molecule has 0 amide bonds. The highest BCUT2D eigenvalue weighted by Gasteiger charge is 2.21. The largest absolute Gasteiger partial charge is 0.390 e. The van der Waals surface area contributed by atoms with Gasteiger partial charge in [0.15, 0.2) is 5.65 Å². The summed E-state index contributed by atoms with van der Waals surface area (Å²) in [5, 5.41) is 26.7. The standard InChI is InChI=1S/C9H10N6O2/c10-14-12-5-7(16)9(17)6-4-11-8-2-1-3-13-15(6)8/h1-4,7,9,16-17H,5H2. The van der Waals surface area contributed by atoms with Gasteiger partial charge in [-0.15, -0.1) is 0 Å². The van der Waals surface area contributed by atoms with Crippen molar-refractivity contribution in [3.8, 4) is 0 Å². The number of rotatable bonds is 4. The van der Waals surface area contributed by atoms with E-state index >= 15 is 0 Å². The lowest BCUT2D eigenvalue weighted by Gasteiger charge is -2.14. The van der Waals surface area contributed by atoms with Crippen molar-refractivity contribution in [2.75, 3.05) is 6.54 Å². The summed E-state index contributed by atoms with van der Waals surface area (Å²) in [6.07, 6.45) is 0.579. The molecule has 0 saturated carbocycles. The van der Waals surface area contributed by atoms with Crippen molar-refractivity contribution in [2.24, 2.45) is 5.11 Å². The van der Waals surface area contributed by atoms with E-state index in [1.165, 1.54) is 10.7 Å². The Morgan fingerprint density at radius 3 is 3.12 bits per heavy atom. The number of nitrogens with zero attached hydrogens (tertiary/aromatic N) is 6. The van der Waals surface area contributed by atoms with Crippen molar-refractivity contribution in [1.82, 2.24) is 14.6 Å². The van der Waals surface area contributed by atoms with Gasteiger partial charge < -0.3 is 10.2 Å². The summed E-state index contributed by atoms with van der Waals surface area (Å²) in [7, 11) is 0. The summed E-state index contributed by atoms with van der Waals surface area (Å²) >= 11 is 0. The minimum Gasteiger partial charge on any atom is -0.390 e. The van der Waals surface area contributed by atoms with Gasteiger partial charge >= 0.3 is 0 Å². The monoisotopic (exact) mass is 234 g/mol. The zero-order valence-electron chi connectivity index (χ0n) is 8.75. The van der Waals surface area contributed by atoms with Crippen LogP contribution in [-0.2, 0) is 0 Å². The lowest BCUT2D eigenvalue weighted by atomic mass is 10.1. The first-order valence-electron chi connectivity index (χ1n) is 4.89. The first kappa shape index (κ1) is 11.3. The lowest BCUT2D eigenvalue weighted by molar-refractivity contribution is 0.0207. The normalized spacial score (nSPS) is 14.2. The van der Waals surface area contributed by atoms with E-state index in [2.05, 4.69) is 20.1 Å². The van der Waals surface area contributed by atoms with Crippen LogP contribution in [-0.4, -0.2) is 37.5 Å². The van der Waals surface area contributed by atoms with Crippen LogP contribution in [0.4, 0.5) is 0 Å². The molecule has 0 saturated heterocycles. The molecule has 0 bridgehead atoms. The molecule has 2 aromatic rings. The molecule has 0 aliphatic rings. The average Bonchev–Trinajstić information content (AvgIpc) is 2.78. The molecule has 88 valence electrons. The van der Waals surface area contributed by atoms with Gasteiger partial charge in [-0.3, -0.25) is 0 Å². The van der Waals surface area contributed by atoms with Crippen LogP contribution in [0, 0.1) is 0 Å². The van der Waals surface area contributed by atoms with E-state index in [4.69, 9.17) is 5.53 Å². The summed E-state index contributed by atoms with van der Waals surface area (Å²) in [6, 6.07) is 3.44. The maximum atomic E-state index is 9.87.